The second-order valence-electron chi connectivity index (χ2n) is 6.79. The minimum atomic E-state index is -0.358. The average Bonchev–Trinajstić information content (AvgIpc) is 3.02. The number of hydrogen-bond acceptors (Lipinski definition) is 6. The second kappa shape index (κ2) is 7.44. The largest absolute Gasteiger partial charge is 0.361 e. The highest BCUT2D eigenvalue weighted by atomic mass is 19.1. The number of aryl methyl sites for hydroxylation is 2. The molecule has 0 radical (unpaired) electrons. The van der Waals surface area contributed by atoms with Gasteiger partial charge in [-0.15, -0.1) is 0 Å². The van der Waals surface area contributed by atoms with Gasteiger partial charge in [0.15, 0.2) is 11.6 Å². The summed E-state index contributed by atoms with van der Waals surface area (Å²) in [7, 11) is 0. The Morgan fingerprint density at radius 1 is 1.04 bits per heavy atom. The molecule has 0 N–H and O–H groups in total. The van der Waals surface area contributed by atoms with Crippen LogP contribution in [0.1, 0.15) is 17.0 Å². The van der Waals surface area contributed by atoms with Crippen LogP contribution in [0.2, 0.25) is 0 Å². The molecule has 140 valence electrons. The number of benzene rings is 1. The molecule has 4 rings (SSSR count). The summed E-state index contributed by atoms with van der Waals surface area (Å²) in [5.41, 5.74) is 3.18. The van der Waals surface area contributed by atoms with E-state index < -0.39 is 0 Å². The van der Waals surface area contributed by atoms with E-state index in [-0.39, 0.29) is 5.82 Å². The number of hydrogen-bond donors (Lipinski definition) is 0. The normalized spacial score (nSPS) is 15.3. The molecule has 1 aliphatic heterocycles. The monoisotopic (exact) mass is 367 g/mol. The van der Waals surface area contributed by atoms with E-state index in [0.29, 0.717) is 24.6 Å². The Morgan fingerprint density at radius 2 is 1.78 bits per heavy atom. The van der Waals surface area contributed by atoms with E-state index in [0.717, 1.165) is 42.2 Å². The highest BCUT2D eigenvalue weighted by Crippen LogP contribution is 2.27. The summed E-state index contributed by atoms with van der Waals surface area (Å²) in [5, 5.41) is 4.02. The van der Waals surface area contributed by atoms with Crippen LogP contribution in [-0.2, 0) is 6.54 Å². The summed E-state index contributed by atoms with van der Waals surface area (Å²) in [6.07, 6.45) is 1.44. The summed E-state index contributed by atoms with van der Waals surface area (Å²) in [6.45, 7) is 7.78. The van der Waals surface area contributed by atoms with E-state index >= 15 is 4.39 Å². The van der Waals surface area contributed by atoms with Crippen LogP contribution in [0.15, 0.2) is 41.2 Å². The van der Waals surface area contributed by atoms with Gasteiger partial charge in [-0.05, 0) is 13.8 Å². The average molecular weight is 367 g/mol. The van der Waals surface area contributed by atoms with E-state index in [1.54, 1.807) is 0 Å². The van der Waals surface area contributed by atoms with Crippen molar-refractivity contribution in [1.82, 2.24) is 20.0 Å². The van der Waals surface area contributed by atoms with Crippen LogP contribution in [0.3, 0.4) is 0 Å². The van der Waals surface area contributed by atoms with Crippen LogP contribution >= 0.6 is 0 Å². The fourth-order valence-electron chi connectivity index (χ4n) is 3.45. The predicted molar refractivity (Wildman–Crippen MR) is 101 cm³/mol. The Bertz CT molecular complexity index is 900. The summed E-state index contributed by atoms with van der Waals surface area (Å²) in [6, 6.07) is 9.38. The molecular weight excluding hydrogens is 345 g/mol. The Balaban J connectivity index is 1.47. The molecule has 3 heterocycles. The molecule has 1 aromatic carbocycles. The standard InChI is InChI=1S/C20H22FN5O/c1-14-17(15(2)27-24-14)12-25-8-10-26(11-9-25)20-18(21)19(22-13-23-20)16-6-4-3-5-7-16/h3-7,13H,8-12H2,1-2H3. The van der Waals surface area contributed by atoms with E-state index in [1.807, 2.05) is 49.1 Å². The number of piperazine rings is 1. The van der Waals surface area contributed by atoms with Gasteiger partial charge in [-0.3, -0.25) is 4.90 Å². The lowest BCUT2D eigenvalue weighted by Gasteiger charge is -2.35. The first-order chi connectivity index (χ1) is 13.1. The molecule has 3 aromatic rings. The molecule has 27 heavy (non-hydrogen) atoms. The van der Waals surface area contributed by atoms with Gasteiger partial charge in [-0.1, -0.05) is 35.5 Å². The van der Waals surface area contributed by atoms with Gasteiger partial charge < -0.3 is 9.42 Å². The molecule has 0 bridgehead atoms. The number of halogens is 1. The molecule has 1 aliphatic rings. The number of anilines is 1. The molecule has 0 spiro atoms. The molecule has 7 heteroatoms. The maximum atomic E-state index is 15.1. The van der Waals surface area contributed by atoms with Gasteiger partial charge in [-0.2, -0.15) is 0 Å². The summed E-state index contributed by atoms with van der Waals surface area (Å²) >= 11 is 0. The topological polar surface area (TPSA) is 58.3 Å². The molecule has 0 atom stereocenters. The van der Waals surface area contributed by atoms with Crippen LogP contribution < -0.4 is 4.90 Å². The Labute approximate surface area is 157 Å². The van der Waals surface area contributed by atoms with Gasteiger partial charge in [0.05, 0.1) is 5.69 Å². The maximum Gasteiger partial charge on any atom is 0.191 e. The second-order valence-corrected chi connectivity index (χ2v) is 6.79. The zero-order chi connectivity index (χ0) is 18.8. The molecule has 0 saturated carbocycles. The SMILES string of the molecule is Cc1noc(C)c1CN1CCN(c2ncnc(-c3ccccc3)c2F)CC1. The number of rotatable bonds is 4. The van der Waals surface area contributed by atoms with Crippen LogP contribution in [0.5, 0.6) is 0 Å². The molecule has 0 unspecified atom stereocenters. The maximum absolute atomic E-state index is 15.1. The zero-order valence-corrected chi connectivity index (χ0v) is 15.5. The van der Waals surface area contributed by atoms with Gasteiger partial charge in [0.2, 0.25) is 0 Å². The molecule has 2 aromatic heterocycles. The van der Waals surface area contributed by atoms with Crippen LogP contribution in [0, 0.1) is 19.7 Å². The van der Waals surface area contributed by atoms with Gasteiger partial charge in [0.25, 0.3) is 0 Å². The quantitative estimate of drug-likeness (QED) is 0.706. The first-order valence-corrected chi connectivity index (χ1v) is 9.08. The van der Waals surface area contributed by atoms with E-state index in [1.165, 1.54) is 6.33 Å². The fraction of sp³-hybridized carbons (Fsp3) is 0.350. The molecule has 6 nitrogen and oxygen atoms in total. The van der Waals surface area contributed by atoms with Gasteiger partial charge in [0.1, 0.15) is 17.8 Å². The summed E-state index contributed by atoms with van der Waals surface area (Å²) in [4.78, 5) is 12.7. The zero-order valence-electron chi connectivity index (χ0n) is 15.5. The highest BCUT2D eigenvalue weighted by molar-refractivity contribution is 5.63. The Kier molecular flexibility index (Phi) is 4.85. The third-order valence-corrected chi connectivity index (χ3v) is 5.05. The van der Waals surface area contributed by atoms with Crippen molar-refractivity contribution in [1.29, 1.82) is 0 Å². The van der Waals surface area contributed by atoms with Crippen molar-refractivity contribution in [3.63, 3.8) is 0 Å². The lowest BCUT2D eigenvalue weighted by molar-refractivity contribution is 0.246. The molecule has 1 fully saturated rings. The van der Waals surface area contributed by atoms with E-state index in [4.69, 9.17) is 4.52 Å². The lowest BCUT2D eigenvalue weighted by atomic mass is 10.1. The number of nitrogens with zero attached hydrogens (tertiary/aromatic N) is 5. The van der Waals surface area contributed by atoms with Crippen LogP contribution in [0.4, 0.5) is 10.2 Å². The third kappa shape index (κ3) is 3.55. The van der Waals surface area contributed by atoms with Crippen molar-refractivity contribution >= 4 is 5.82 Å². The van der Waals surface area contributed by atoms with Crippen LogP contribution in [-0.4, -0.2) is 46.2 Å². The first kappa shape index (κ1) is 17.6. The summed E-state index contributed by atoms with van der Waals surface area (Å²) in [5.74, 6) is 0.882. The van der Waals surface area contributed by atoms with Crippen molar-refractivity contribution < 1.29 is 8.91 Å². The van der Waals surface area contributed by atoms with Crippen LogP contribution in [0.25, 0.3) is 11.3 Å². The van der Waals surface area contributed by atoms with Crippen molar-refractivity contribution in [2.24, 2.45) is 0 Å². The van der Waals surface area contributed by atoms with Crippen molar-refractivity contribution in [3.8, 4) is 11.3 Å². The van der Waals surface area contributed by atoms with Crippen molar-refractivity contribution in [2.75, 3.05) is 31.1 Å². The molecule has 0 amide bonds. The van der Waals surface area contributed by atoms with E-state index in [9.17, 15) is 0 Å². The Morgan fingerprint density at radius 3 is 2.44 bits per heavy atom. The van der Waals surface area contributed by atoms with E-state index in [2.05, 4.69) is 20.0 Å². The highest BCUT2D eigenvalue weighted by Gasteiger charge is 2.24. The van der Waals surface area contributed by atoms with Gasteiger partial charge in [-0.25, -0.2) is 14.4 Å². The molecule has 1 saturated heterocycles. The number of aromatic nitrogens is 3. The van der Waals surface area contributed by atoms with Gasteiger partial charge in [0, 0.05) is 43.9 Å². The van der Waals surface area contributed by atoms with Crippen molar-refractivity contribution in [3.05, 3.63) is 59.5 Å². The van der Waals surface area contributed by atoms with Crippen molar-refractivity contribution in [2.45, 2.75) is 20.4 Å². The Hall–Kier alpha value is -2.80. The molecular formula is C20H22FN5O. The smallest absolute Gasteiger partial charge is 0.191 e. The minimum Gasteiger partial charge on any atom is -0.361 e. The first-order valence-electron chi connectivity index (χ1n) is 9.08. The fourth-order valence-corrected chi connectivity index (χ4v) is 3.45. The summed E-state index contributed by atoms with van der Waals surface area (Å²) < 4.78 is 20.3. The third-order valence-electron chi connectivity index (χ3n) is 5.05. The van der Waals surface area contributed by atoms with Gasteiger partial charge >= 0.3 is 0 Å². The minimum absolute atomic E-state index is 0.346. The molecule has 0 aliphatic carbocycles. The predicted octanol–water partition coefficient (Wildman–Crippen LogP) is 3.21. The lowest BCUT2D eigenvalue weighted by Crippen LogP contribution is -2.46.